The van der Waals surface area contributed by atoms with E-state index in [1.165, 1.54) is 0 Å². The first-order valence-corrected chi connectivity index (χ1v) is 17.1. The molecule has 6 heteroatoms. The van der Waals surface area contributed by atoms with E-state index in [1.807, 2.05) is 112 Å². The molecule has 6 nitrogen and oxygen atoms in total. The van der Waals surface area contributed by atoms with Crippen molar-refractivity contribution in [3.63, 3.8) is 0 Å². The van der Waals surface area contributed by atoms with Crippen LogP contribution < -0.4 is 21.7 Å². The van der Waals surface area contributed by atoms with Crippen LogP contribution in [0.1, 0.15) is 0 Å². The Labute approximate surface area is 293 Å². The van der Waals surface area contributed by atoms with Crippen molar-refractivity contribution in [3.05, 3.63) is 186 Å². The van der Waals surface area contributed by atoms with E-state index in [2.05, 4.69) is 6.07 Å². The number of hydrogen-bond donors (Lipinski definition) is 0. The Morgan fingerprint density at radius 3 is 1.04 bits per heavy atom. The number of rotatable bonds is 2. The maximum Gasteiger partial charge on any atom is 0.197 e. The largest absolute Gasteiger partial charge is 0.308 e. The SMILES string of the molecule is O=c1c2ccccc2n2c3ccc(-c4cccc(-c5ccc6c(c5)c(=O)c5cccc7c(=O)c8ccccc8n6c75)c4)cc3c(=O)c3cccc1c32. The fourth-order valence-electron chi connectivity index (χ4n) is 8.41. The summed E-state index contributed by atoms with van der Waals surface area (Å²) in [5, 5.41) is 4.40. The van der Waals surface area contributed by atoms with Crippen LogP contribution in [0.4, 0.5) is 0 Å². The predicted molar refractivity (Wildman–Crippen MR) is 212 cm³/mol. The van der Waals surface area contributed by atoms with Crippen molar-refractivity contribution in [1.29, 1.82) is 0 Å². The molecule has 0 atom stereocenters. The third-order valence-corrected chi connectivity index (χ3v) is 10.8. The lowest BCUT2D eigenvalue weighted by Crippen LogP contribution is -2.14. The Morgan fingerprint density at radius 2 is 0.596 bits per heavy atom. The summed E-state index contributed by atoms with van der Waals surface area (Å²) in [7, 11) is 0. The maximum absolute atomic E-state index is 14.1. The zero-order valence-electron chi connectivity index (χ0n) is 27.4. The van der Waals surface area contributed by atoms with E-state index in [0.717, 1.165) is 44.3 Å². The van der Waals surface area contributed by atoms with Gasteiger partial charge in [0.2, 0.25) is 0 Å². The van der Waals surface area contributed by atoms with Crippen LogP contribution in [0, 0.1) is 0 Å². The third-order valence-electron chi connectivity index (χ3n) is 10.8. The second-order valence-electron chi connectivity index (χ2n) is 13.5. The number of aromatic nitrogens is 2. The van der Waals surface area contributed by atoms with E-state index in [-0.39, 0.29) is 21.7 Å². The summed E-state index contributed by atoms with van der Waals surface area (Å²) in [6.45, 7) is 0. The number of benzene rings is 7. The Hall–Kier alpha value is -7.18. The molecule has 0 amide bonds. The van der Waals surface area contributed by atoms with Gasteiger partial charge in [0.25, 0.3) is 0 Å². The molecule has 52 heavy (non-hydrogen) atoms. The van der Waals surface area contributed by atoms with Gasteiger partial charge in [-0.2, -0.15) is 0 Å². The topological polar surface area (TPSA) is 77.1 Å². The zero-order chi connectivity index (χ0) is 34.8. The molecule has 0 radical (unpaired) electrons. The smallest absolute Gasteiger partial charge is 0.197 e. The summed E-state index contributed by atoms with van der Waals surface area (Å²) in [5.74, 6) is 0. The van der Waals surface area contributed by atoms with Gasteiger partial charge in [0, 0.05) is 43.1 Å². The molecule has 0 aliphatic rings. The van der Waals surface area contributed by atoms with Crippen LogP contribution in [0.15, 0.2) is 165 Å². The molecule has 4 aromatic heterocycles. The van der Waals surface area contributed by atoms with Gasteiger partial charge in [-0.05, 0) is 101 Å². The number of pyridine rings is 4. The van der Waals surface area contributed by atoms with E-state index >= 15 is 0 Å². The first-order chi connectivity index (χ1) is 25.5. The second-order valence-corrected chi connectivity index (χ2v) is 13.5. The monoisotopic (exact) mass is 668 g/mol. The molecule has 0 bridgehead atoms. The average Bonchev–Trinajstić information content (AvgIpc) is 3.20. The maximum atomic E-state index is 14.1. The minimum atomic E-state index is -0.120. The average molecular weight is 669 g/mol. The molecule has 7 aromatic carbocycles. The lowest BCUT2D eigenvalue weighted by Gasteiger charge is -2.15. The Morgan fingerprint density at radius 1 is 0.269 bits per heavy atom. The summed E-state index contributed by atoms with van der Waals surface area (Å²) in [6.07, 6.45) is 0. The van der Waals surface area contributed by atoms with Gasteiger partial charge < -0.3 is 8.80 Å². The van der Waals surface area contributed by atoms with Gasteiger partial charge in [-0.1, -0.05) is 66.7 Å². The highest BCUT2D eigenvalue weighted by molar-refractivity contribution is 6.09. The highest BCUT2D eigenvalue weighted by atomic mass is 16.1. The molecule has 0 aliphatic carbocycles. The van der Waals surface area contributed by atoms with Crippen LogP contribution in [0.2, 0.25) is 0 Å². The third kappa shape index (κ3) is 3.67. The Bertz CT molecular complexity index is 3380. The molecule has 0 spiro atoms. The summed E-state index contributed by atoms with van der Waals surface area (Å²) >= 11 is 0. The van der Waals surface area contributed by atoms with Gasteiger partial charge in [-0.25, -0.2) is 0 Å². The number of para-hydroxylation sites is 4. The molecular formula is C46H24N2O4. The standard InChI is InChI=1S/C46H24N2O4/c49-43-29-10-1-3-16-37(29)47-39-20-18-27(23-35(39)45(51)33-14-6-12-31(43)41(33)47)25-8-5-9-26(22-25)28-19-21-40-36(24-28)46(52)34-15-7-13-32-42(34)48(40)38-17-4-2-11-30(38)44(32)50/h1-24H. The van der Waals surface area contributed by atoms with Crippen LogP contribution in [0.25, 0.3) is 98.4 Å². The van der Waals surface area contributed by atoms with Crippen LogP contribution in [0.3, 0.4) is 0 Å². The molecule has 0 unspecified atom stereocenters. The van der Waals surface area contributed by atoms with E-state index in [9.17, 15) is 19.2 Å². The van der Waals surface area contributed by atoms with Crippen molar-refractivity contribution in [1.82, 2.24) is 8.80 Å². The van der Waals surface area contributed by atoms with Crippen molar-refractivity contribution < 1.29 is 0 Å². The quantitative estimate of drug-likeness (QED) is 0.136. The van der Waals surface area contributed by atoms with Gasteiger partial charge in [0.15, 0.2) is 21.7 Å². The first-order valence-electron chi connectivity index (χ1n) is 17.1. The molecule has 4 heterocycles. The lowest BCUT2D eigenvalue weighted by atomic mass is 9.96. The van der Waals surface area contributed by atoms with Crippen LogP contribution in [-0.2, 0) is 0 Å². The number of fused-ring (bicyclic) bond motifs is 8. The second kappa shape index (κ2) is 10.2. The van der Waals surface area contributed by atoms with Gasteiger partial charge in [-0.3, -0.25) is 19.2 Å². The van der Waals surface area contributed by atoms with Crippen molar-refractivity contribution in [2.45, 2.75) is 0 Å². The van der Waals surface area contributed by atoms with Gasteiger partial charge in [0.1, 0.15) is 0 Å². The summed E-state index contributed by atoms with van der Waals surface area (Å²) in [6, 6.07) is 45.7. The van der Waals surface area contributed by atoms with Crippen molar-refractivity contribution >= 4 is 76.2 Å². The molecule has 0 aliphatic heterocycles. The minimum absolute atomic E-state index is 0.0814. The van der Waals surface area contributed by atoms with Crippen molar-refractivity contribution in [3.8, 4) is 22.3 Å². The molecule has 242 valence electrons. The predicted octanol–water partition coefficient (Wildman–Crippen LogP) is 8.76. The van der Waals surface area contributed by atoms with Crippen LogP contribution in [-0.4, -0.2) is 8.80 Å². The van der Waals surface area contributed by atoms with Gasteiger partial charge in [0.05, 0.1) is 33.1 Å². The van der Waals surface area contributed by atoms with Crippen LogP contribution in [0.5, 0.6) is 0 Å². The van der Waals surface area contributed by atoms with E-state index in [4.69, 9.17) is 0 Å². The molecule has 11 aromatic rings. The molecule has 0 saturated carbocycles. The van der Waals surface area contributed by atoms with Crippen LogP contribution >= 0.6 is 0 Å². The molecular weight excluding hydrogens is 645 g/mol. The Balaban J connectivity index is 1.12. The van der Waals surface area contributed by atoms with E-state index in [1.54, 1.807) is 36.4 Å². The van der Waals surface area contributed by atoms with Gasteiger partial charge >= 0.3 is 0 Å². The fraction of sp³-hybridized carbons (Fsp3) is 0. The van der Waals surface area contributed by atoms with Crippen molar-refractivity contribution in [2.24, 2.45) is 0 Å². The summed E-state index contributed by atoms with van der Waals surface area (Å²) in [5.41, 5.74) is 7.46. The first kappa shape index (κ1) is 28.6. The fourth-order valence-corrected chi connectivity index (χ4v) is 8.41. The Kier molecular flexibility index (Phi) is 5.61. The summed E-state index contributed by atoms with van der Waals surface area (Å²) < 4.78 is 4.08. The molecule has 11 rings (SSSR count). The minimum Gasteiger partial charge on any atom is -0.308 e. The zero-order valence-corrected chi connectivity index (χ0v) is 27.4. The van der Waals surface area contributed by atoms with Gasteiger partial charge in [-0.15, -0.1) is 0 Å². The highest BCUT2D eigenvalue weighted by Crippen LogP contribution is 2.33. The van der Waals surface area contributed by atoms with E-state index in [0.29, 0.717) is 54.1 Å². The number of nitrogens with zero attached hydrogens (tertiary/aromatic N) is 2. The molecule has 0 fully saturated rings. The highest BCUT2D eigenvalue weighted by Gasteiger charge is 2.19. The molecule has 0 saturated heterocycles. The number of hydrogen-bond acceptors (Lipinski definition) is 4. The lowest BCUT2D eigenvalue weighted by molar-refractivity contribution is 1.31. The normalized spacial score (nSPS) is 12.2. The summed E-state index contributed by atoms with van der Waals surface area (Å²) in [4.78, 5) is 55.0. The van der Waals surface area contributed by atoms with Crippen molar-refractivity contribution in [2.75, 3.05) is 0 Å². The molecule has 0 N–H and O–H groups in total. The van der Waals surface area contributed by atoms with E-state index < -0.39 is 0 Å².